The summed E-state index contributed by atoms with van der Waals surface area (Å²) >= 11 is 0. The first-order valence-electron chi connectivity index (χ1n) is 5.20. The van der Waals surface area contributed by atoms with Gasteiger partial charge in [-0.1, -0.05) is 30.3 Å². The molecular weight excluding hydrogens is 222 g/mol. The number of hydrogen-bond donors (Lipinski definition) is 2. The van der Waals surface area contributed by atoms with E-state index in [0.29, 0.717) is 6.54 Å². The number of carbonyl (C=O) groups excluding carboxylic acids is 1. The number of esters is 1. The van der Waals surface area contributed by atoms with E-state index in [4.69, 9.17) is 5.11 Å². The maximum atomic E-state index is 11.0. The van der Waals surface area contributed by atoms with Crippen molar-refractivity contribution in [2.24, 2.45) is 0 Å². The molecule has 5 nitrogen and oxygen atoms in total. The molecule has 1 aromatic carbocycles. The smallest absolute Gasteiger partial charge is 0.321 e. The minimum atomic E-state index is -1.06. The summed E-state index contributed by atoms with van der Waals surface area (Å²) in [5, 5.41) is 11.7. The van der Waals surface area contributed by atoms with E-state index in [1.54, 1.807) is 0 Å². The summed E-state index contributed by atoms with van der Waals surface area (Å²) < 4.78 is 4.44. The Hall–Kier alpha value is -1.88. The van der Waals surface area contributed by atoms with Gasteiger partial charge in [0.1, 0.15) is 6.04 Å². The van der Waals surface area contributed by atoms with E-state index >= 15 is 0 Å². The van der Waals surface area contributed by atoms with Crippen molar-refractivity contribution < 1.29 is 19.4 Å². The summed E-state index contributed by atoms with van der Waals surface area (Å²) in [6.45, 7) is 0.398. The number of rotatable bonds is 6. The van der Waals surface area contributed by atoms with E-state index in [0.717, 1.165) is 5.56 Å². The van der Waals surface area contributed by atoms with Gasteiger partial charge in [0.15, 0.2) is 0 Å². The van der Waals surface area contributed by atoms with Crippen LogP contribution in [0.4, 0.5) is 0 Å². The van der Waals surface area contributed by atoms with Gasteiger partial charge in [0, 0.05) is 6.54 Å². The quantitative estimate of drug-likeness (QED) is 0.715. The summed E-state index contributed by atoms with van der Waals surface area (Å²) in [5.41, 5.74) is 0.962. The molecule has 0 aromatic heterocycles. The number of aliphatic carboxylic acids is 1. The van der Waals surface area contributed by atoms with Crippen LogP contribution in [0.25, 0.3) is 0 Å². The molecule has 17 heavy (non-hydrogen) atoms. The van der Waals surface area contributed by atoms with Crippen LogP contribution in [0.2, 0.25) is 0 Å². The molecule has 0 saturated carbocycles. The highest BCUT2D eigenvalue weighted by Crippen LogP contribution is 2.01. The molecule has 0 saturated heterocycles. The van der Waals surface area contributed by atoms with Crippen LogP contribution >= 0.6 is 0 Å². The van der Waals surface area contributed by atoms with Crippen LogP contribution in [0, 0.1) is 0 Å². The van der Waals surface area contributed by atoms with Crippen molar-refractivity contribution in [2.45, 2.75) is 19.0 Å². The summed E-state index contributed by atoms with van der Waals surface area (Å²) in [4.78, 5) is 21.9. The lowest BCUT2D eigenvalue weighted by Gasteiger charge is -2.13. The van der Waals surface area contributed by atoms with Crippen LogP contribution in [0.15, 0.2) is 30.3 Å². The molecule has 0 fully saturated rings. The second-order valence-corrected chi connectivity index (χ2v) is 3.54. The average Bonchev–Trinajstić information content (AvgIpc) is 2.35. The van der Waals surface area contributed by atoms with Crippen LogP contribution in [0.3, 0.4) is 0 Å². The highest BCUT2D eigenvalue weighted by atomic mass is 16.5. The number of methoxy groups -OCH3 is 1. The molecule has 0 spiro atoms. The Morgan fingerprint density at radius 3 is 2.53 bits per heavy atom. The highest BCUT2D eigenvalue weighted by Gasteiger charge is 2.20. The maximum Gasteiger partial charge on any atom is 0.321 e. The first-order valence-corrected chi connectivity index (χ1v) is 5.20. The minimum absolute atomic E-state index is 0.182. The molecule has 1 aromatic rings. The number of ether oxygens (including phenoxy) is 1. The van der Waals surface area contributed by atoms with Crippen molar-refractivity contribution in [1.29, 1.82) is 0 Å². The summed E-state index contributed by atoms with van der Waals surface area (Å²) in [6.07, 6.45) is -0.182. The Kier molecular flexibility index (Phi) is 5.16. The van der Waals surface area contributed by atoms with Gasteiger partial charge in [0.05, 0.1) is 13.5 Å². The number of carbonyl (C=O) groups is 2. The van der Waals surface area contributed by atoms with E-state index in [-0.39, 0.29) is 6.42 Å². The lowest BCUT2D eigenvalue weighted by atomic mass is 10.1. The fourth-order valence-electron chi connectivity index (χ4n) is 1.33. The van der Waals surface area contributed by atoms with E-state index in [1.165, 1.54) is 7.11 Å². The fourth-order valence-corrected chi connectivity index (χ4v) is 1.33. The predicted octanol–water partition coefficient (Wildman–Crippen LogP) is 0.792. The Balaban J connectivity index is 2.50. The fraction of sp³-hybridized carbons (Fsp3) is 0.333. The molecule has 2 N–H and O–H groups in total. The number of carboxylic acids is 1. The molecule has 0 aliphatic rings. The maximum absolute atomic E-state index is 11.0. The van der Waals surface area contributed by atoms with Crippen LogP contribution in [0.5, 0.6) is 0 Å². The lowest BCUT2D eigenvalue weighted by molar-refractivity contribution is -0.147. The van der Waals surface area contributed by atoms with Crippen LogP contribution < -0.4 is 5.32 Å². The molecule has 1 unspecified atom stereocenters. The number of hydrogen-bond acceptors (Lipinski definition) is 4. The Labute approximate surface area is 99.4 Å². The number of benzene rings is 1. The zero-order valence-corrected chi connectivity index (χ0v) is 9.55. The zero-order chi connectivity index (χ0) is 12.7. The van der Waals surface area contributed by atoms with Crippen LogP contribution in [-0.4, -0.2) is 30.2 Å². The third-order valence-electron chi connectivity index (χ3n) is 2.29. The first kappa shape index (κ1) is 13.2. The largest absolute Gasteiger partial charge is 0.480 e. The molecule has 0 radical (unpaired) electrons. The van der Waals surface area contributed by atoms with Crippen molar-refractivity contribution in [3.8, 4) is 0 Å². The highest BCUT2D eigenvalue weighted by molar-refractivity contribution is 5.81. The first-order chi connectivity index (χ1) is 8.13. The summed E-state index contributed by atoms with van der Waals surface area (Å²) in [7, 11) is 1.23. The predicted molar refractivity (Wildman–Crippen MR) is 61.3 cm³/mol. The van der Waals surface area contributed by atoms with Crippen molar-refractivity contribution in [3.05, 3.63) is 35.9 Å². The molecule has 5 heteroatoms. The SMILES string of the molecule is COC(=O)CC(NCc1ccccc1)C(=O)O. The van der Waals surface area contributed by atoms with Gasteiger partial charge in [0.2, 0.25) is 0 Å². The van der Waals surface area contributed by atoms with Gasteiger partial charge in [-0.15, -0.1) is 0 Å². The van der Waals surface area contributed by atoms with Gasteiger partial charge in [-0.05, 0) is 5.56 Å². The van der Waals surface area contributed by atoms with Crippen molar-refractivity contribution in [1.82, 2.24) is 5.32 Å². The van der Waals surface area contributed by atoms with Crippen molar-refractivity contribution >= 4 is 11.9 Å². The number of carboxylic acid groups (broad SMARTS) is 1. The van der Waals surface area contributed by atoms with Crippen molar-refractivity contribution in [2.75, 3.05) is 7.11 Å². The van der Waals surface area contributed by atoms with Crippen LogP contribution in [0.1, 0.15) is 12.0 Å². The third kappa shape index (κ3) is 4.65. The van der Waals surface area contributed by atoms with Gasteiger partial charge >= 0.3 is 11.9 Å². The van der Waals surface area contributed by atoms with Crippen LogP contribution in [-0.2, 0) is 20.9 Å². The van der Waals surface area contributed by atoms with Gasteiger partial charge < -0.3 is 9.84 Å². The molecule has 0 bridgehead atoms. The second kappa shape index (κ2) is 6.65. The van der Waals surface area contributed by atoms with Crippen molar-refractivity contribution in [3.63, 3.8) is 0 Å². The number of nitrogens with one attached hydrogen (secondary N) is 1. The molecule has 0 amide bonds. The van der Waals surface area contributed by atoms with E-state index in [1.807, 2.05) is 30.3 Å². The molecule has 92 valence electrons. The topological polar surface area (TPSA) is 75.6 Å². The monoisotopic (exact) mass is 237 g/mol. The van der Waals surface area contributed by atoms with Gasteiger partial charge in [-0.2, -0.15) is 0 Å². The molecule has 1 atom stereocenters. The molecule has 1 rings (SSSR count). The lowest BCUT2D eigenvalue weighted by Crippen LogP contribution is -2.38. The van der Waals surface area contributed by atoms with Gasteiger partial charge in [0.25, 0.3) is 0 Å². The average molecular weight is 237 g/mol. The van der Waals surface area contributed by atoms with E-state index in [2.05, 4.69) is 10.1 Å². The Morgan fingerprint density at radius 1 is 1.35 bits per heavy atom. The molecular formula is C12H15NO4. The summed E-state index contributed by atoms with van der Waals surface area (Å²) in [5.74, 6) is -1.61. The Morgan fingerprint density at radius 2 is 2.00 bits per heavy atom. The third-order valence-corrected chi connectivity index (χ3v) is 2.29. The minimum Gasteiger partial charge on any atom is -0.480 e. The van der Waals surface area contributed by atoms with E-state index < -0.39 is 18.0 Å². The second-order valence-electron chi connectivity index (χ2n) is 3.54. The normalized spacial score (nSPS) is 11.8. The zero-order valence-electron chi connectivity index (χ0n) is 9.55. The molecule has 0 heterocycles. The summed E-state index contributed by atoms with van der Waals surface area (Å²) in [6, 6.07) is 8.45. The van der Waals surface area contributed by atoms with Gasteiger partial charge in [-0.25, -0.2) is 0 Å². The standard InChI is InChI=1S/C12H15NO4/c1-17-11(14)7-10(12(15)16)13-8-9-5-3-2-4-6-9/h2-6,10,13H,7-8H2,1H3,(H,15,16). The Bertz CT molecular complexity index is 377. The molecule has 0 aliphatic heterocycles. The molecule has 0 aliphatic carbocycles. The van der Waals surface area contributed by atoms with E-state index in [9.17, 15) is 9.59 Å². The van der Waals surface area contributed by atoms with Gasteiger partial charge in [-0.3, -0.25) is 14.9 Å².